The van der Waals surface area contributed by atoms with Crippen LogP contribution in [0.3, 0.4) is 0 Å². The largest absolute Gasteiger partial charge is 0.476 e. The number of rotatable bonds is 4. The highest BCUT2D eigenvalue weighted by Crippen LogP contribution is 2.23. The normalized spacial score (nSPS) is 10.8. The maximum absolute atomic E-state index is 11.1. The Morgan fingerprint density at radius 1 is 1.21 bits per heavy atom. The first-order valence-electron chi connectivity index (χ1n) is 7.42. The predicted octanol–water partition coefficient (Wildman–Crippen LogP) is 3.55. The molecule has 0 aliphatic heterocycles. The van der Waals surface area contributed by atoms with E-state index in [0.717, 1.165) is 16.8 Å². The number of hydrogen-bond donors (Lipinski definition) is 1. The number of carbonyl (C=O) groups is 1. The Morgan fingerprint density at radius 2 is 1.92 bits per heavy atom. The van der Waals surface area contributed by atoms with Gasteiger partial charge in [-0.25, -0.2) is 19.4 Å². The lowest BCUT2D eigenvalue weighted by Crippen LogP contribution is -2.09. The number of halogens is 1. The summed E-state index contributed by atoms with van der Waals surface area (Å²) < 4.78 is 1.48. The Labute approximate surface area is 143 Å². The van der Waals surface area contributed by atoms with E-state index in [1.165, 1.54) is 10.7 Å². The van der Waals surface area contributed by atoms with Gasteiger partial charge in [-0.1, -0.05) is 18.5 Å². The van der Waals surface area contributed by atoms with Gasteiger partial charge in [0.05, 0.1) is 0 Å². The number of aromatic carboxylic acids is 1. The van der Waals surface area contributed by atoms with Crippen molar-refractivity contribution in [3.05, 3.63) is 58.5 Å². The predicted molar refractivity (Wildman–Crippen MR) is 90.7 cm³/mol. The van der Waals surface area contributed by atoms with Gasteiger partial charge < -0.3 is 5.11 Å². The molecule has 2 heterocycles. The van der Waals surface area contributed by atoms with E-state index in [9.17, 15) is 4.79 Å². The first-order valence-corrected chi connectivity index (χ1v) is 7.80. The molecule has 0 amide bonds. The minimum absolute atomic E-state index is 0.0265. The fraction of sp³-hybridized carbons (Fsp3) is 0.176. The summed E-state index contributed by atoms with van der Waals surface area (Å²) in [4.78, 5) is 20.2. The molecule has 0 aliphatic rings. The van der Waals surface area contributed by atoms with Crippen molar-refractivity contribution in [3.8, 4) is 17.2 Å². The smallest absolute Gasteiger partial charge is 0.356 e. The molecule has 0 fully saturated rings. The number of hydrogen-bond acceptors (Lipinski definition) is 4. The van der Waals surface area contributed by atoms with Crippen LogP contribution in [0.4, 0.5) is 0 Å². The van der Waals surface area contributed by atoms with Gasteiger partial charge >= 0.3 is 5.97 Å². The zero-order valence-electron chi connectivity index (χ0n) is 13.2. The van der Waals surface area contributed by atoms with Crippen molar-refractivity contribution in [2.45, 2.75) is 20.3 Å². The maximum Gasteiger partial charge on any atom is 0.356 e. The van der Waals surface area contributed by atoms with Crippen molar-refractivity contribution in [2.75, 3.05) is 0 Å². The van der Waals surface area contributed by atoms with Crippen molar-refractivity contribution in [1.82, 2.24) is 19.7 Å². The summed E-state index contributed by atoms with van der Waals surface area (Å²) in [6.07, 6.45) is 2.31. The van der Waals surface area contributed by atoms with Crippen LogP contribution in [0.25, 0.3) is 17.2 Å². The van der Waals surface area contributed by atoms with Crippen molar-refractivity contribution in [2.24, 2.45) is 0 Å². The molecule has 0 aliphatic carbocycles. The summed E-state index contributed by atoms with van der Waals surface area (Å²) in [5, 5.41) is 13.8. The second-order valence-corrected chi connectivity index (χ2v) is 5.68. The molecular formula is C17H15ClN4O2. The van der Waals surface area contributed by atoms with Crippen LogP contribution in [0.1, 0.15) is 28.7 Å². The van der Waals surface area contributed by atoms with E-state index in [1.807, 2.05) is 26.0 Å². The second kappa shape index (κ2) is 6.41. The molecule has 0 unspecified atom stereocenters. The zero-order chi connectivity index (χ0) is 17.3. The first-order chi connectivity index (χ1) is 11.5. The third-order valence-corrected chi connectivity index (χ3v) is 3.93. The van der Waals surface area contributed by atoms with Gasteiger partial charge in [0, 0.05) is 28.0 Å². The van der Waals surface area contributed by atoms with Crippen LogP contribution in [0.15, 0.2) is 36.5 Å². The summed E-state index contributed by atoms with van der Waals surface area (Å²) in [5.41, 5.74) is 2.56. The van der Waals surface area contributed by atoms with Crippen molar-refractivity contribution in [1.29, 1.82) is 0 Å². The van der Waals surface area contributed by atoms with Crippen LogP contribution in [0, 0.1) is 6.92 Å². The molecule has 7 heteroatoms. The highest BCUT2D eigenvalue weighted by atomic mass is 35.5. The topological polar surface area (TPSA) is 80.9 Å². The number of aryl methyl sites for hydroxylation is 1. The first kappa shape index (κ1) is 16.1. The van der Waals surface area contributed by atoms with Crippen molar-refractivity contribution >= 4 is 17.6 Å². The molecule has 0 saturated carbocycles. The molecule has 0 saturated heterocycles. The molecule has 122 valence electrons. The Bertz CT molecular complexity index is 903. The quantitative estimate of drug-likeness (QED) is 0.784. The van der Waals surface area contributed by atoms with Gasteiger partial charge in [-0.3, -0.25) is 0 Å². The van der Waals surface area contributed by atoms with E-state index in [4.69, 9.17) is 16.7 Å². The fourth-order valence-electron chi connectivity index (χ4n) is 2.47. The second-order valence-electron chi connectivity index (χ2n) is 5.25. The maximum atomic E-state index is 11.1. The Kier molecular flexibility index (Phi) is 4.31. The highest BCUT2D eigenvalue weighted by molar-refractivity contribution is 6.30. The van der Waals surface area contributed by atoms with Gasteiger partial charge in [0.2, 0.25) is 0 Å². The van der Waals surface area contributed by atoms with Crippen LogP contribution in [0.5, 0.6) is 0 Å². The fourth-order valence-corrected chi connectivity index (χ4v) is 2.59. The number of aromatic nitrogens is 4. The summed E-state index contributed by atoms with van der Waals surface area (Å²) >= 11 is 5.93. The minimum atomic E-state index is -1.07. The molecule has 2 aromatic heterocycles. The minimum Gasteiger partial charge on any atom is -0.476 e. The Balaban J connectivity index is 2.16. The van der Waals surface area contributed by atoms with Crippen LogP contribution >= 0.6 is 11.6 Å². The summed E-state index contributed by atoms with van der Waals surface area (Å²) in [6.45, 7) is 3.91. The summed E-state index contributed by atoms with van der Waals surface area (Å²) in [7, 11) is 0. The van der Waals surface area contributed by atoms with Crippen molar-refractivity contribution < 1.29 is 9.90 Å². The number of nitrogens with zero attached hydrogens (tertiary/aromatic N) is 4. The highest BCUT2D eigenvalue weighted by Gasteiger charge is 2.16. The molecule has 3 aromatic rings. The van der Waals surface area contributed by atoms with E-state index >= 15 is 0 Å². The average Bonchev–Trinajstić information content (AvgIpc) is 3.05. The molecule has 0 atom stereocenters. The average molecular weight is 343 g/mol. The van der Waals surface area contributed by atoms with E-state index in [1.54, 1.807) is 18.3 Å². The zero-order valence-corrected chi connectivity index (χ0v) is 13.9. The van der Waals surface area contributed by atoms with Crippen molar-refractivity contribution in [3.63, 3.8) is 0 Å². The van der Waals surface area contributed by atoms with Crippen LogP contribution in [-0.4, -0.2) is 30.8 Å². The standard InChI is InChI=1S/C17H15ClN4O2/c1-3-13-10(2)19-15(11-4-6-12(18)7-5-11)20-16(13)22-9-8-14(21-22)17(23)24/h4-9H,3H2,1-2H3,(H,23,24). The van der Waals surface area contributed by atoms with Gasteiger partial charge in [-0.2, -0.15) is 5.10 Å². The van der Waals surface area contributed by atoms with Gasteiger partial charge in [-0.15, -0.1) is 0 Å². The van der Waals surface area contributed by atoms with E-state index in [-0.39, 0.29) is 5.69 Å². The lowest BCUT2D eigenvalue weighted by atomic mass is 10.1. The Morgan fingerprint density at radius 3 is 2.50 bits per heavy atom. The summed E-state index contributed by atoms with van der Waals surface area (Å²) in [5.74, 6) is 0.0571. The van der Waals surface area contributed by atoms with E-state index in [0.29, 0.717) is 23.1 Å². The SMILES string of the molecule is CCc1c(C)nc(-c2ccc(Cl)cc2)nc1-n1ccc(C(=O)O)n1. The molecule has 0 bridgehead atoms. The molecular weight excluding hydrogens is 328 g/mol. The van der Waals surface area contributed by atoms with Gasteiger partial charge in [0.25, 0.3) is 0 Å². The number of benzene rings is 1. The molecule has 1 aromatic carbocycles. The van der Waals surface area contributed by atoms with Crippen LogP contribution < -0.4 is 0 Å². The molecule has 0 radical (unpaired) electrons. The van der Waals surface area contributed by atoms with Gasteiger partial charge in [0.1, 0.15) is 0 Å². The van der Waals surface area contributed by atoms with Gasteiger partial charge in [-0.05, 0) is 43.7 Å². The molecule has 0 spiro atoms. The number of carboxylic acids is 1. The molecule has 6 nitrogen and oxygen atoms in total. The van der Waals surface area contributed by atoms with Crippen LogP contribution in [0.2, 0.25) is 5.02 Å². The summed E-state index contributed by atoms with van der Waals surface area (Å²) in [6, 6.07) is 8.69. The van der Waals surface area contributed by atoms with Crippen LogP contribution in [-0.2, 0) is 6.42 Å². The monoisotopic (exact) mass is 342 g/mol. The molecule has 3 rings (SSSR count). The number of carboxylic acid groups (broad SMARTS) is 1. The molecule has 1 N–H and O–H groups in total. The van der Waals surface area contributed by atoms with E-state index in [2.05, 4.69) is 15.1 Å². The van der Waals surface area contributed by atoms with E-state index < -0.39 is 5.97 Å². The lowest BCUT2D eigenvalue weighted by Gasteiger charge is -2.12. The van der Waals surface area contributed by atoms with Gasteiger partial charge in [0.15, 0.2) is 17.3 Å². The third kappa shape index (κ3) is 3.00. The third-order valence-electron chi connectivity index (χ3n) is 3.67. The lowest BCUT2D eigenvalue weighted by molar-refractivity contribution is 0.0690. The Hall–Kier alpha value is -2.73. The molecule has 24 heavy (non-hydrogen) atoms.